The molecule has 0 radical (unpaired) electrons. The molecule has 1 aliphatic heterocycles. The highest BCUT2D eigenvalue weighted by atomic mass is 16.6. The molecule has 2 aromatic carbocycles. The first-order valence-corrected chi connectivity index (χ1v) is 9.04. The summed E-state index contributed by atoms with van der Waals surface area (Å²) in [6, 6.07) is 15.2. The number of nitro benzene ring substituents is 1. The minimum atomic E-state index is -0.335. The van der Waals surface area contributed by atoms with Crippen LogP contribution in [0, 0.1) is 10.1 Å². The van der Waals surface area contributed by atoms with E-state index in [1.165, 1.54) is 11.6 Å². The maximum absolute atomic E-state index is 10.9. The van der Waals surface area contributed by atoms with E-state index in [0.717, 1.165) is 50.6 Å². The van der Waals surface area contributed by atoms with Gasteiger partial charge in [0.1, 0.15) is 5.75 Å². The van der Waals surface area contributed by atoms with Crippen LogP contribution in [-0.4, -0.2) is 47.5 Å². The van der Waals surface area contributed by atoms with E-state index in [4.69, 9.17) is 4.74 Å². The molecule has 26 heavy (non-hydrogen) atoms. The molecule has 6 heteroatoms. The van der Waals surface area contributed by atoms with Crippen LogP contribution >= 0.6 is 0 Å². The smallest absolute Gasteiger partial charge is 0.269 e. The van der Waals surface area contributed by atoms with Crippen molar-refractivity contribution < 1.29 is 9.66 Å². The number of nitrogens with zero attached hydrogens (tertiary/aromatic N) is 3. The van der Waals surface area contributed by atoms with Crippen molar-refractivity contribution in [2.45, 2.75) is 20.0 Å². The van der Waals surface area contributed by atoms with Crippen LogP contribution in [0.1, 0.15) is 18.1 Å². The van der Waals surface area contributed by atoms with Crippen molar-refractivity contribution >= 4 is 5.69 Å². The topological polar surface area (TPSA) is 58.8 Å². The van der Waals surface area contributed by atoms with Crippen LogP contribution < -0.4 is 4.74 Å². The second-order valence-electron chi connectivity index (χ2n) is 6.56. The minimum absolute atomic E-state index is 0.164. The zero-order chi connectivity index (χ0) is 18.4. The van der Waals surface area contributed by atoms with Gasteiger partial charge in [0, 0.05) is 51.4 Å². The molecule has 138 valence electrons. The summed E-state index contributed by atoms with van der Waals surface area (Å²) >= 11 is 0. The van der Waals surface area contributed by atoms with Crippen molar-refractivity contribution in [3.05, 3.63) is 69.8 Å². The van der Waals surface area contributed by atoms with Gasteiger partial charge in [0.25, 0.3) is 5.69 Å². The Hall–Kier alpha value is -2.44. The number of piperazine rings is 1. The molecule has 0 atom stereocenters. The highest BCUT2D eigenvalue weighted by molar-refractivity contribution is 5.34. The molecule has 1 aliphatic rings. The molecule has 2 aromatic rings. The standard InChI is InChI=1S/C20H25N3O3/c1-2-26-20-8-6-17(7-9-20)15-21-10-12-22(13-11-21)16-18-4-3-5-19(14-18)23(24)25/h3-9,14H,2,10-13,15-16H2,1H3. The van der Waals surface area contributed by atoms with Crippen molar-refractivity contribution in [1.29, 1.82) is 0 Å². The minimum Gasteiger partial charge on any atom is -0.494 e. The maximum atomic E-state index is 10.9. The van der Waals surface area contributed by atoms with Crippen LogP contribution in [0.2, 0.25) is 0 Å². The Kier molecular flexibility index (Phi) is 6.20. The van der Waals surface area contributed by atoms with Gasteiger partial charge in [-0.15, -0.1) is 0 Å². The third-order valence-corrected chi connectivity index (χ3v) is 4.63. The van der Waals surface area contributed by atoms with Gasteiger partial charge in [-0.05, 0) is 30.2 Å². The van der Waals surface area contributed by atoms with Gasteiger partial charge >= 0.3 is 0 Å². The number of hydrogen-bond acceptors (Lipinski definition) is 5. The molecular weight excluding hydrogens is 330 g/mol. The van der Waals surface area contributed by atoms with Crippen molar-refractivity contribution in [3.8, 4) is 5.75 Å². The number of rotatable bonds is 7. The average Bonchev–Trinajstić information content (AvgIpc) is 2.65. The summed E-state index contributed by atoms with van der Waals surface area (Å²) < 4.78 is 5.48. The second kappa shape index (κ2) is 8.78. The van der Waals surface area contributed by atoms with E-state index in [9.17, 15) is 10.1 Å². The Morgan fingerprint density at radius 1 is 0.962 bits per heavy atom. The number of hydrogen-bond donors (Lipinski definition) is 0. The number of benzene rings is 2. The largest absolute Gasteiger partial charge is 0.494 e. The quantitative estimate of drug-likeness (QED) is 0.563. The summed E-state index contributed by atoms with van der Waals surface area (Å²) in [5.74, 6) is 0.915. The predicted octanol–water partition coefficient (Wildman–Crippen LogP) is 3.31. The van der Waals surface area contributed by atoms with Crippen molar-refractivity contribution in [3.63, 3.8) is 0 Å². The molecule has 0 amide bonds. The first-order chi connectivity index (χ1) is 12.6. The van der Waals surface area contributed by atoms with Crippen molar-refractivity contribution in [1.82, 2.24) is 9.80 Å². The maximum Gasteiger partial charge on any atom is 0.269 e. The van der Waals surface area contributed by atoms with Crippen LogP contribution in [0.4, 0.5) is 5.69 Å². The molecule has 0 unspecified atom stereocenters. The first kappa shape index (κ1) is 18.4. The van der Waals surface area contributed by atoms with E-state index in [-0.39, 0.29) is 10.6 Å². The highest BCUT2D eigenvalue weighted by Gasteiger charge is 2.18. The van der Waals surface area contributed by atoms with Gasteiger partial charge in [-0.25, -0.2) is 0 Å². The van der Waals surface area contributed by atoms with E-state index in [1.54, 1.807) is 12.1 Å². The van der Waals surface area contributed by atoms with Gasteiger partial charge in [0.15, 0.2) is 0 Å². The van der Waals surface area contributed by atoms with Gasteiger partial charge in [-0.3, -0.25) is 19.9 Å². The van der Waals surface area contributed by atoms with E-state index < -0.39 is 0 Å². The highest BCUT2D eigenvalue weighted by Crippen LogP contribution is 2.17. The summed E-state index contributed by atoms with van der Waals surface area (Å²) in [5, 5.41) is 10.9. The van der Waals surface area contributed by atoms with Gasteiger partial charge in [0.05, 0.1) is 11.5 Å². The summed E-state index contributed by atoms with van der Waals surface area (Å²) in [4.78, 5) is 15.4. The molecular formula is C20H25N3O3. The lowest BCUT2D eigenvalue weighted by molar-refractivity contribution is -0.384. The van der Waals surface area contributed by atoms with Gasteiger partial charge in [-0.2, -0.15) is 0 Å². The van der Waals surface area contributed by atoms with E-state index in [2.05, 4.69) is 21.9 Å². The molecule has 0 aliphatic carbocycles. The fraction of sp³-hybridized carbons (Fsp3) is 0.400. The van der Waals surface area contributed by atoms with Gasteiger partial charge in [0.2, 0.25) is 0 Å². The van der Waals surface area contributed by atoms with Crippen molar-refractivity contribution in [2.24, 2.45) is 0 Å². The Morgan fingerprint density at radius 3 is 2.15 bits per heavy atom. The molecule has 0 N–H and O–H groups in total. The number of nitro groups is 1. The molecule has 0 bridgehead atoms. The normalized spacial score (nSPS) is 15.7. The fourth-order valence-corrected chi connectivity index (χ4v) is 3.25. The molecule has 1 fully saturated rings. The third-order valence-electron chi connectivity index (χ3n) is 4.63. The van der Waals surface area contributed by atoms with Crippen LogP contribution in [0.3, 0.4) is 0 Å². The number of ether oxygens (including phenoxy) is 1. The Balaban J connectivity index is 1.48. The van der Waals surface area contributed by atoms with Gasteiger partial charge in [-0.1, -0.05) is 24.3 Å². The monoisotopic (exact) mass is 355 g/mol. The summed E-state index contributed by atoms with van der Waals surface area (Å²) in [6.45, 7) is 8.33. The van der Waals surface area contributed by atoms with E-state index in [0.29, 0.717) is 6.61 Å². The molecule has 0 spiro atoms. The van der Waals surface area contributed by atoms with Crippen LogP contribution in [-0.2, 0) is 13.1 Å². The van der Waals surface area contributed by atoms with Gasteiger partial charge < -0.3 is 4.74 Å². The molecule has 3 rings (SSSR count). The second-order valence-corrected chi connectivity index (χ2v) is 6.56. The first-order valence-electron chi connectivity index (χ1n) is 9.04. The zero-order valence-corrected chi connectivity index (χ0v) is 15.1. The summed E-state index contributed by atoms with van der Waals surface area (Å²) in [5.41, 5.74) is 2.45. The molecule has 0 aromatic heterocycles. The predicted molar refractivity (Wildman–Crippen MR) is 101 cm³/mol. The van der Waals surface area contributed by atoms with E-state index in [1.807, 2.05) is 25.1 Å². The lowest BCUT2D eigenvalue weighted by atomic mass is 10.1. The number of non-ortho nitro benzene ring substituents is 1. The van der Waals surface area contributed by atoms with Crippen LogP contribution in [0.25, 0.3) is 0 Å². The summed E-state index contributed by atoms with van der Waals surface area (Å²) in [7, 11) is 0. The summed E-state index contributed by atoms with van der Waals surface area (Å²) in [6.07, 6.45) is 0. The molecule has 1 heterocycles. The van der Waals surface area contributed by atoms with E-state index >= 15 is 0 Å². The Morgan fingerprint density at radius 2 is 1.58 bits per heavy atom. The van der Waals surface area contributed by atoms with Crippen LogP contribution in [0.15, 0.2) is 48.5 Å². The fourth-order valence-electron chi connectivity index (χ4n) is 3.25. The van der Waals surface area contributed by atoms with Crippen LogP contribution in [0.5, 0.6) is 5.75 Å². The molecule has 6 nitrogen and oxygen atoms in total. The zero-order valence-electron chi connectivity index (χ0n) is 15.1. The Labute approximate surface area is 154 Å². The molecule has 1 saturated heterocycles. The average molecular weight is 355 g/mol. The Bertz CT molecular complexity index is 725. The lowest BCUT2D eigenvalue weighted by Gasteiger charge is -2.34. The molecule has 0 saturated carbocycles. The van der Waals surface area contributed by atoms with Crippen molar-refractivity contribution in [2.75, 3.05) is 32.8 Å². The SMILES string of the molecule is CCOc1ccc(CN2CCN(Cc3cccc([N+](=O)[O-])c3)CC2)cc1. The lowest BCUT2D eigenvalue weighted by Crippen LogP contribution is -2.45. The third kappa shape index (κ3) is 5.03.